The van der Waals surface area contributed by atoms with Gasteiger partial charge < -0.3 is 10.0 Å². The lowest BCUT2D eigenvalue weighted by molar-refractivity contribution is -0.151. The molecule has 1 N–H and O–H groups in total. The number of carbonyl (C=O) groups excluding carboxylic acids is 1. The summed E-state index contributed by atoms with van der Waals surface area (Å²) in [5, 5.41) is 9.48. The van der Waals surface area contributed by atoms with Crippen LogP contribution in [0.4, 0.5) is 0 Å². The van der Waals surface area contributed by atoms with E-state index in [1.165, 1.54) is 4.90 Å². The van der Waals surface area contributed by atoms with E-state index in [4.69, 9.17) is 0 Å². The monoisotopic (exact) mass is 275 g/mol. The van der Waals surface area contributed by atoms with Gasteiger partial charge >= 0.3 is 5.97 Å². The molecule has 0 aromatic heterocycles. The summed E-state index contributed by atoms with van der Waals surface area (Å²) in [5.41, 5.74) is 1.80. The molecule has 1 amide bonds. The summed E-state index contributed by atoms with van der Waals surface area (Å²) in [6.45, 7) is 2.58. The molecule has 1 heterocycles. The molecule has 1 aliphatic rings. The second-order valence-corrected chi connectivity index (χ2v) is 5.23. The van der Waals surface area contributed by atoms with Crippen molar-refractivity contribution in [3.05, 3.63) is 35.4 Å². The Labute approximate surface area is 119 Å². The summed E-state index contributed by atoms with van der Waals surface area (Å²) in [6, 6.07) is 6.69. The zero-order chi connectivity index (χ0) is 14.5. The Bertz CT molecular complexity index is 498. The van der Waals surface area contributed by atoms with Crippen LogP contribution in [0, 0.1) is 0 Å². The lowest BCUT2D eigenvalue weighted by Gasteiger charge is -2.34. The van der Waals surface area contributed by atoms with E-state index >= 15 is 0 Å². The molecule has 2 rings (SSSR count). The molecule has 0 saturated carbocycles. The summed E-state index contributed by atoms with van der Waals surface area (Å²) in [4.78, 5) is 25.4. The number of hydrogen-bond donors (Lipinski definition) is 1. The van der Waals surface area contributed by atoms with Crippen LogP contribution in [0.1, 0.15) is 49.8 Å². The summed E-state index contributed by atoms with van der Waals surface area (Å²) in [7, 11) is 0. The molecular weight excluding hydrogens is 254 g/mol. The molecule has 1 aromatic carbocycles. The lowest BCUT2D eigenvalue weighted by Crippen LogP contribution is -2.43. The molecule has 4 heteroatoms. The first kappa shape index (κ1) is 14.6. The van der Waals surface area contributed by atoms with Crippen molar-refractivity contribution in [2.45, 2.75) is 45.1 Å². The number of carboxylic acid groups (broad SMARTS) is 1. The van der Waals surface area contributed by atoms with E-state index in [1.807, 2.05) is 24.3 Å². The van der Waals surface area contributed by atoms with Gasteiger partial charge in [0.05, 0.1) is 0 Å². The van der Waals surface area contributed by atoms with Crippen molar-refractivity contribution in [1.82, 2.24) is 4.90 Å². The number of carboxylic acids is 1. The first-order valence-electron chi connectivity index (χ1n) is 7.25. The SMILES string of the molecule is CCCCCC(=O)N1CCc2ccccc2C1C(=O)O. The highest BCUT2D eigenvalue weighted by Crippen LogP contribution is 2.30. The predicted octanol–water partition coefficient (Wildman–Crippen LogP) is 2.78. The van der Waals surface area contributed by atoms with Crippen LogP contribution in [0.3, 0.4) is 0 Å². The molecule has 0 spiro atoms. The van der Waals surface area contributed by atoms with Gasteiger partial charge in [0.25, 0.3) is 0 Å². The van der Waals surface area contributed by atoms with E-state index in [9.17, 15) is 14.7 Å². The first-order valence-corrected chi connectivity index (χ1v) is 7.25. The molecule has 0 saturated heterocycles. The van der Waals surface area contributed by atoms with Crippen molar-refractivity contribution in [2.75, 3.05) is 6.54 Å². The molecule has 0 fully saturated rings. The van der Waals surface area contributed by atoms with Crippen molar-refractivity contribution >= 4 is 11.9 Å². The average molecular weight is 275 g/mol. The van der Waals surface area contributed by atoms with Crippen LogP contribution in [0.15, 0.2) is 24.3 Å². The molecule has 1 unspecified atom stereocenters. The summed E-state index contributed by atoms with van der Waals surface area (Å²) >= 11 is 0. The molecule has 0 radical (unpaired) electrons. The zero-order valence-corrected chi connectivity index (χ0v) is 11.8. The largest absolute Gasteiger partial charge is 0.479 e. The van der Waals surface area contributed by atoms with Gasteiger partial charge in [-0.25, -0.2) is 4.79 Å². The fourth-order valence-electron chi connectivity index (χ4n) is 2.77. The van der Waals surface area contributed by atoms with Gasteiger partial charge in [-0.15, -0.1) is 0 Å². The maximum Gasteiger partial charge on any atom is 0.331 e. The van der Waals surface area contributed by atoms with Crippen molar-refractivity contribution in [2.24, 2.45) is 0 Å². The highest BCUT2D eigenvalue weighted by molar-refractivity contribution is 5.85. The second-order valence-electron chi connectivity index (χ2n) is 5.23. The van der Waals surface area contributed by atoms with Gasteiger partial charge in [-0.3, -0.25) is 4.79 Å². The van der Waals surface area contributed by atoms with Gasteiger partial charge in [-0.1, -0.05) is 44.0 Å². The third-order valence-electron chi connectivity index (χ3n) is 3.83. The number of rotatable bonds is 5. The van der Waals surface area contributed by atoms with Crippen LogP contribution in [-0.2, 0) is 16.0 Å². The Morgan fingerprint density at radius 2 is 2.05 bits per heavy atom. The maximum atomic E-state index is 12.3. The number of unbranched alkanes of at least 4 members (excludes halogenated alkanes) is 2. The molecular formula is C16H21NO3. The average Bonchev–Trinajstić information content (AvgIpc) is 2.45. The molecule has 0 bridgehead atoms. The van der Waals surface area contributed by atoms with E-state index < -0.39 is 12.0 Å². The van der Waals surface area contributed by atoms with Crippen LogP contribution < -0.4 is 0 Å². The van der Waals surface area contributed by atoms with E-state index in [-0.39, 0.29) is 5.91 Å². The van der Waals surface area contributed by atoms with Crippen LogP contribution in [0.2, 0.25) is 0 Å². The van der Waals surface area contributed by atoms with Crippen molar-refractivity contribution in [1.29, 1.82) is 0 Å². The van der Waals surface area contributed by atoms with Crippen molar-refractivity contribution in [3.63, 3.8) is 0 Å². The number of fused-ring (bicyclic) bond motifs is 1. The standard InChI is InChI=1S/C16H21NO3/c1-2-3-4-9-14(18)17-11-10-12-7-5-6-8-13(12)15(17)16(19)20/h5-8,15H,2-4,9-11H2,1H3,(H,19,20). The van der Waals surface area contributed by atoms with Gasteiger partial charge in [0, 0.05) is 13.0 Å². The van der Waals surface area contributed by atoms with Gasteiger partial charge in [0.1, 0.15) is 0 Å². The zero-order valence-electron chi connectivity index (χ0n) is 11.8. The van der Waals surface area contributed by atoms with E-state index in [0.29, 0.717) is 13.0 Å². The number of hydrogen-bond acceptors (Lipinski definition) is 2. The van der Waals surface area contributed by atoms with E-state index in [2.05, 4.69) is 6.92 Å². The van der Waals surface area contributed by atoms with E-state index in [1.54, 1.807) is 0 Å². The van der Waals surface area contributed by atoms with Gasteiger partial charge in [0.15, 0.2) is 6.04 Å². The van der Waals surface area contributed by atoms with Gasteiger partial charge in [-0.05, 0) is 24.0 Å². The van der Waals surface area contributed by atoms with Gasteiger partial charge in [0.2, 0.25) is 5.91 Å². The molecule has 0 aliphatic carbocycles. The minimum absolute atomic E-state index is 0.0413. The van der Waals surface area contributed by atoms with Crippen LogP contribution >= 0.6 is 0 Å². The molecule has 4 nitrogen and oxygen atoms in total. The fraction of sp³-hybridized carbons (Fsp3) is 0.500. The molecule has 1 atom stereocenters. The molecule has 1 aromatic rings. The van der Waals surface area contributed by atoms with E-state index in [0.717, 1.165) is 36.8 Å². The fourth-order valence-corrected chi connectivity index (χ4v) is 2.77. The summed E-state index contributed by atoms with van der Waals surface area (Å²) < 4.78 is 0. The quantitative estimate of drug-likeness (QED) is 0.841. The highest BCUT2D eigenvalue weighted by Gasteiger charge is 2.35. The Morgan fingerprint density at radius 1 is 1.30 bits per heavy atom. The maximum absolute atomic E-state index is 12.3. The topological polar surface area (TPSA) is 57.6 Å². The van der Waals surface area contributed by atoms with Crippen LogP contribution in [0.25, 0.3) is 0 Å². The number of aliphatic carboxylic acids is 1. The number of amides is 1. The normalized spacial score (nSPS) is 17.6. The lowest BCUT2D eigenvalue weighted by atomic mass is 9.92. The minimum Gasteiger partial charge on any atom is -0.479 e. The van der Waals surface area contributed by atoms with Gasteiger partial charge in [-0.2, -0.15) is 0 Å². The Hall–Kier alpha value is -1.84. The molecule has 108 valence electrons. The second kappa shape index (κ2) is 6.55. The van der Waals surface area contributed by atoms with Crippen molar-refractivity contribution < 1.29 is 14.7 Å². The number of benzene rings is 1. The molecule has 20 heavy (non-hydrogen) atoms. The summed E-state index contributed by atoms with van der Waals surface area (Å²) in [6.07, 6.45) is 4.07. The Kier molecular flexibility index (Phi) is 4.77. The van der Waals surface area contributed by atoms with Crippen molar-refractivity contribution in [3.8, 4) is 0 Å². The third-order valence-corrected chi connectivity index (χ3v) is 3.83. The predicted molar refractivity (Wildman–Crippen MR) is 76.4 cm³/mol. The number of nitrogens with zero attached hydrogens (tertiary/aromatic N) is 1. The van der Waals surface area contributed by atoms with Crippen LogP contribution in [-0.4, -0.2) is 28.4 Å². The number of carbonyl (C=O) groups is 2. The Balaban J connectivity index is 2.18. The minimum atomic E-state index is -0.944. The summed E-state index contributed by atoms with van der Waals surface area (Å²) in [5.74, 6) is -0.985. The third kappa shape index (κ3) is 3.00. The highest BCUT2D eigenvalue weighted by atomic mass is 16.4. The smallest absolute Gasteiger partial charge is 0.331 e. The first-order chi connectivity index (χ1) is 9.65. The Morgan fingerprint density at radius 3 is 2.75 bits per heavy atom. The van der Waals surface area contributed by atoms with Crippen LogP contribution in [0.5, 0.6) is 0 Å². The molecule has 1 aliphatic heterocycles.